The van der Waals surface area contributed by atoms with Crippen LogP contribution < -0.4 is 5.32 Å². The first kappa shape index (κ1) is 34.5. The molecule has 0 atom stereocenters. The second kappa shape index (κ2) is 21.8. The van der Waals surface area contributed by atoms with E-state index in [-0.39, 0.29) is 5.82 Å². The first-order valence-electron chi connectivity index (χ1n) is 13.6. The molecule has 0 aromatic heterocycles. The number of benzene rings is 1. The van der Waals surface area contributed by atoms with Gasteiger partial charge in [0.25, 0.3) is 0 Å². The molecule has 0 spiro atoms. The average molecular weight is 479 g/mol. The third-order valence-corrected chi connectivity index (χ3v) is 5.83. The monoisotopic (exact) mass is 478 g/mol. The summed E-state index contributed by atoms with van der Waals surface area (Å²) in [6, 6.07) is 4.91. The van der Waals surface area contributed by atoms with Crippen molar-refractivity contribution in [3.8, 4) is 0 Å². The molecule has 1 rings (SSSR count). The van der Waals surface area contributed by atoms with Crippen LogP contribution in [0, 0.1) is 12.7 Å². The summed E-state index contributed by atoms with van der Waals surface area (Å²) in [4.78, 5) is 4.16. The summed E-state index contributed by atoms with van der Waals surface area (Å²) in [5.41, 5.74) is 3.12. The number of rotatable bonds is 15. The quantitative estimate of drug-likeness (QED) is 0.195. The Hall–Kier alpha value is -1.68. The fourth-order valence-electron chi connectivity index (χ4n) is 3.71. The van der Waals surface area contributed by atoms with E-state index in [4.69, 9.17) is 0 Å². The van der Waals surface area contributed by atoms with E-state index in [0.717, 1.165) is 50.6 Å². The number of aliphatic hydroxyl groups is 1. The second-order valence-electron chi connectivity index (χ2n) is 8.90. The molecule has 0 aliphatic heterocycles. The minimum Gasteiger partial charge on any atom is -0.389 e. The SMILES string of the molecule is C=C(CCCC)NCCCCCC(C)=NC.CC.CCCC(O)(CCC)c1ccc(F)c(C)c1. The van der Waals surface area contributed by atoms with E-state index in [1.165, 1.54) is 49.6 Å². The van der Waals surface area contributed by atoms with E-state index in [1.807, 2.05) is 20.9 Å². The van der Waals surface area contributed by atoms with Crippen LogP contribution in [0.4, 0.5) is 4.39 Å². The number of aliphatic imine (C=N–C) groups is 1. The summed E-state index contributed by atoms with van der Waals surface area (Å²) >= 11 is 0. The van der Waals surface area contributed by atoms with Crippen molar-refractivity contribution in [3.05, 3.63) is 47.4 Å². The van der Waals surface area contributed by atoms with Crippen LogP contribution in [0.15, 0.2) is 35.5 Å². The molecule has 4 heteroatoms. The fourth-order valence-corrected chi connectivity index (χ4v) is 3.71. The molecule has 0 aliphatic carbocycles. The van der Waals surface area contributed by atoms with Crippen molar-refractivity contribution in [2.45, 2.75) is 125 Å². The van der Waals surface area contributed by atoms with Gasteiger partial charge in [0.2, 0.25) is 0 Å². The zero-order valence-electron chi connectivity index (χ0n) is 23.7. The lowest BCUT2D eigenvalue weighted by Gasteiger charge is -2.28. The lowest BCUT2D eigenvalue weighted by molar-refractivity contribution is 0.0168. The van der Waals surface area contributed by atoms with Gasteiger partial charge in [-0.3, -0.25) is 4.99 Å². The number of nitrogens with zero attached hydrogens (tertiary/aromatic N) is 1. The lowest BCUT2D eigenvalue weighted by Crippen LogP contribution is -2.25. The molecule has 0 radical (unpaired) electrons. The van der Waals surface area contributed by atoms with Gasteiger partial charge in [0, 0.05) is 25.0 Å². The summed E-state index contributed by atoms with van der Waals surface area (Å²) in [7, 11) is 1.87. The zero-order chi connectivity index (χ0) is 26.4. The molecule has 0 bridgehead atoms. The molecule has 1 aromatic carbocycles. The summed E-state index contributed by atoms with van der Waals surface area (Å²) in [5, 5.41) is 14.0. The van der Waals surface area contributed by atoms with Crippen molar-refractivity contribution in [1.29, 1.82) is 0 Å². The van der Waals surface area contributed by atoms with Crippen LogP contribution in [0.2, 0.25) is 0 Å². The van der Waals surface area contributed by atoms with Crippen molar-refractivity contribution in [3.63, 3.8) is 0 Å². The van der Waals surface area contributed by atoms with Crippen LogP contribution in [-0.4, -0.2) is 24.4 Å². The van der Waals surface area contributed by atoms with Gasteiger partial charge in [-0.25, -0.2) is 4.39 Å². The van der Waals surface area contributed by atoms with Gasteiger partial charge in [-0.05, 0) is 76.0 Å². The number of allylic oxidation sites excluding steroid dienone is 1. The minimum absolute atomic E-state index is 0.209. The van der Waals surface area contributed by atoms with Crippen molar-refractivity contribution in [2.75, 3.05) is 13.6 Å². The van der Waals surface area contributed by atoms with Crippen molar-refractivity contribution in [1.82, 2.24) is 5.32 Å². The Morgan fingerprint density at radius 3 is 2.12 bits per heavy atom. The van der Waals surface area contributed by atoms with Gasteiger partial charge in [0.1, 0.15) is 5.82 Å². The third-order valence-electron chi connectivity index (χ3n) is 5.83. The Morgan fingerprint density at radius 1 is 1.00 bits per heavy atom. The van der Waals surface area contributed by atoms with Gasteiger partial charge < -0.3 is 10.4 Å². The standard InChI is InChI=1S/C14H21FO.C14H28N2.C2H6/c1-4-8-14(16,9-5-2)12-6-7-13(15)11(3)10-12;1-5-6-10-14(3)16-12-9-7-8-11-13(2)15-4;1-2/h6-7,10,16H,4-5,8-9H2,1-3H3;16H,3,5-12H2,1-2,4H3;1-2H3. The maximum Gasteiger partial charge on any atom is 0.126 e. The van der Waals surface area contributed by atoms with E-state index < -0.39 is 5.60 Å². The summed E-state index contributed by atoms with van der Waals surface area (Å²) in [6.45, 7) is 19.2. The Balaban J connectivity index is 0. The summed E-state index contributed by atoms with van der Waals surface area (Å²) in [5.74, 6) is -0.209. The maximum absolute atomic E-state index is 13.2. The molecule has 0 heterocycles. The second-order valence-corrected chi connectivity index (χ2v) is 8.90. The molecule has 0 saturated heterocycles. The highest BCUT2D eigenvalue weighted by molar-refractivity contribution is 5.81. The van der Waals surface area contributed by atoms with E-state index in [1.54, 1.807) is 19.1 Å². The third kappa shape index (κ3) is 16.0. The van der Waals surface area contributed by atoms with Gasteiger partial charge in [0.05, 0.1) is 5.60 Å². The number of aryl methyl sites for hydroxylation is 1. The minimum atomic E-state index is -0.790. The Kier molecular flexibility index (Phi) is 22.1. The molecule has 3 nitrogen and oxygen atoms in total. The van der Waals surface area contributed by atoms with Crippen LogP contribution in [-0.2, 0) is 5.60 Å². The summed E-state index contributed by atoms with van der Waals surface area (Å²) in [6.07, 6.45) is 11.8. The van der Waals surface area contributed by atoms with Gasteiger partial charge >= 0.3 is 0 Å². The molecule has 198 valence electrons. The first-order chi connectivity index (χ1) is 16.2. The van der Waals surface area contributed by atoms with Crippen LogP contribution in [0.25, 0.3) is 0 Å². The van der Waals surface area contributed by atoms with Crippen LogP contribution in [0.5, 0.6) is 0 Å². The molecule has 0 fully saturated rings. The topological polar surface area (TPSA) is 44.6 Å². The van der Waals surface area contributed by atoms with E-state index in [2.05, 4.69) is 44.6 Å². The highest BCUT2D eigenvalue weighted by Crippen LogP contribution is 2.32. The Labute approximate surface area is 211 Å². The highest BCUT2D eigenvalue weighted by Gasteiger charge is 2.27. The molecule has 2 N–H and O–H groups in total. The fraction of sp³-hybridized carbons (Fsp3) is 0.700. The van der Waals surface area contributed by atoms with Crippen molar-refractivity contribution < 1.29 is 9.50 Å². The van der Waals surface area contributed by atoms with E-state index in [0.29, 0.717) is 5.56 Å². The normalized spacial score (nSPS) is 11.2. The molecule has 1 aromatic rings. The number of unbranched alkanes of at least 4 members (excludes halogenated alkanes) is 3. The van der Waals surface area contributed by atoms with Gasteiger partial charge in [-0.1, -0.05) is 79.0 Å². The average Bonchev–Trinajstić information content (AvgIpc) is 2.83. The van der Waals surface area contributed by atoms with Crippen molar-refractivity contribution >= 4 is 5.71 Å². The summed E-state index contributed by atoms with van der Waals surface area (Å²) < 4.78 is 13.2. The molecule has 0 amide bonds. The Morgan fingerprint density at radius 2 is 1.62 bits per heavy atom. The van der Waals surface area contributed by atoms with E-state index in [9.17, 15) is 9.50 Å². The molecule has 0 unspecified atom stereocenters. The molecular weight excluding hydrogens is 423 g/mol. The first-order valence-corrected chi connectivity index (χ1v) is 13.6. The van der Waals surface area contributed by atoms with E-state index >= 15 is 0 Å². The predicted octanol–water partition coefficient (Wildman–Crippen LogP) is 8.88. The predicted molar refractivity (Wildman–Crippen MR) is 150 cm³/mol. The largest absolute Gasteiger partial charge is 0.389 e. The number of nitrogens with one attached hydrogen (secondary N) is 1. The van der Waals surface area contributed by atoms with Gasteiger partial charge in [-0.15, -0.1) is 0 Å². The maximum atomic E-state index is 13.2. The van der Waals surface area contributed by atoms with Gasteiger partial charge in [-0.2, -0.15) is 0 Å². The number of hydrogen-bond acceptors (Lipinski definition) is 3. The van der Waals surface area contributed by atoms with Crippen LogP contribution >= 0.6 is 0 Å². The zero-order valence-corrected chi connectivity index (χ0v) is 23.7. The Bertz CT molecular complexity index is 664. The highest BCUT2D eigenvalue weighted by atomic mass is 19.1. The van der Waals surface area contributed by atoms with Crippen LogP contribution in [0.1, 0.15) is 123 Å². The van der Waals surface area contributed by atoms with Gasteiger partial charge in [0.15, 0.2) is 0 Å². The van der Waals surface area contributed by atoms with Crippen molar-refractivity contribution in [2.24, 2.45) is 4.99 Å². The lowest BCUT2D eigenvalue weighted by atomic mass is 9.85. The molecular formula is C30H55FN2O. The number of hydrogen-bond donors (Lipinski definition) is 2. The number of halogens is 1. The molecule has 0 saturated carbocycles. The molecule has 0 aliphatic rings. The van der Waals surface area contributed by atoms with Crippen LogP contribution in [0.3, 0.4) is 0 Å². The smallest absolute Gasteiger partial charge is 0.126 e. The molecule has 34 heavy (non-hydrogen) atoms.